The molecule has 0 unspecified atom stereocenters. The molecular weight excluding hydrogens is 468 g/mol. The fourth-order valence-electron chi connectivity index (χ4n) is 4.21. The summed E-state index contributed by atoms with van der Waals surface area (Å²) in [4.78, 5) is 25.8. The number of rotatable bonds is 12. The third kappa shape index (κ3) is 6.34. The van der Waals surface area contributed by atoms with E-state index in [1.54, 1.807) is 12.1 Å². The Kier molecular flexibility index (Phi) is 8.52. The molecule has 0 aliphatic rings. The minimum absolute atomic E-state index is 0.0368. The predicted molar refractivity (Wildman–Crippen MR) is 147 cm³/mol. The van der Waals surface area contributed by atoms with Crippen molar-refractivity contribution in [3.05, 3.63) is 65.5 Å². The Hall–Kier alpha value is -4.18. The maximum atomic E-state index is 12.4. The number of aryl methyl sites for hydroxylation is 1. The van der Waals surface area contributed by atoms with Gasteiger partial charge >= 0.3 is 0 Å². The highest BCUT2D eigenvalue weighted by Crippen LogP contribution is 2.29. The van der Waals surface area contributed by atoms with E-state index in [4.69, 9.17) is 26.9 Å². The molecular formula is C27H34N8O2. The van der Waals surface area contributed by atoms with Crippen molar-refractivity contribution in [1.82, 2.24) is 19.9 Å². The van der Waals surface area contributed by atoms with Gasteiger partial charge in [-0.2, -0.15) is 0 Å². The molecule has 37 heavy (non-hydrogen) atoms. The summed E-state index contributed by atoms with van der Waals surface area (Å²) in [5.41, 5.74) is 21.0. The number of benzene rings is 2. The highest BCUT2D eigenvalue weighted by molar-refractivity contribution is 6.06. The van der Waals surface area contributed by atoms with Crippen LogP contribution in [0.5, 0.6) is 0 Å². The number of aliphatic imine (C=N–C) groups is 1. The van der Waals surface area contributed by atoms with Crippen LogP contribution >= 0.6 is 0 Å². The van der Waals surface area contributed by atoms with Gasteiger partial charge in [0.25, 0.3) is 5.91 Å². The van der Waals surface area contributed by atoms with Gasteiger partial charge in [0, 0.05) is 30.5 Å². The molecule has 0 aliphatic carbocycles. The lowest BCUT2D eigenvalue weighted by molar-refractivity contribution is 0.0909. The standard InChI is InChI=1S/C27H34N8O2/c1-2-3-8-22-34-23-24(20-6-4-5-7-21(20)33-25(23)28)35(22)14-16-37-15-13-31-26(36)19-11-9-18(10-12-19)17-32-27(29)30/h4-7,9-12H,2-3,8,13-17H2,1H3,(H2,28,33)(H,31,36)(H4,29,30,32). The first kappa shape index (κ1) is 25.9. The van der Waals surface area contributed by atoms with Crippen LogP contribution in [0.25, 0.3) is 21.9 Å². The molecule has 2 aromatic carbocycles. The molecule has 0 saturated carbocycles. The molecule has 194 valence electrons. The molecule has 0 fully saturated rings. The van der Waals surface area contributed by atoms with Gasteiger partial charge in [-0.25, -0.2) is 15.0 Å². The van der Waals surface area contributed by atoms with Crippen LogP contribution in [0.1, 0.15) is 41.5 Å². The van der Waals surface area contributed by atoms with E-state index < -0.39 is 0 Å². The number of ether oxygens (including phenoxy) is 1. The number of nitrogens with two attached hydrogens (primary N) is 3. The molecule has 0 spiro atoms. The number of nitrogen functional groups attached to an aromatic ring is 1. The summed E-state index contributed by atoms with van der Waals surface area (Å²) in [6.45, 7) is 4.46. The summed E-state index contributed by atoms with van der Waals surface area (Å²) >= 11 is 0. The SMILES string of the molecule is CCCCc1nc2c(N)nc3ccccc3c2n1CCOCCNC(=O)c1ccc(CN=C(N)N)cc1. The number of amides is 1. The van der Waals surface area contributed by atoms with Crippen LogP contribution in [-0.2, 0) is 24.2 Å². The molecule has 2 heterocycles. The van der Waals surface area contributed by atoms with Gasteiger partial charge in [0.15, 0.2) is 11.8 Å². The first-order valence-electron chi connectivity index (χ1n) is 12.5. The van der Waals surface area contributed by atoms with Crippen LogP contribution < -0.4 is 22.5 Å². The zero-order valence-corrected chi connectivity index (χ0v) is 21.1. The van der Waals surface area contributed by atoms with Crippen molar-refractivity contribution >= 4 is 39.6 Å². The Morgan fingerprint density at radius 2 is 1.86 bits per heavy atom. The number of hydrogen-bond acceptors (Lipinski definition) is 6. The summed E-state index contributed by atoms with van der Waals surface area (Å²) < 4.78 is 8.07. The molecule has 4 rings (SSSR count). The molecule has 4 aromatic rings. The number of carbonyl (C=O) groups excluding carboxylic acids is 1. The Bertz CT molecular complexity index is 1390. The molecule has 10 nitrogen and oxygen atoms in total. The normalized spacial score (nSPS) is 11.2. The third-order valence-corrected chi connectivity index (χ3v) is 6.09. The second kappa shape index (κ2) is 12.2. The average Bonchev–Trinajstić information content (AvgIpc) is 3.27. The molecule has 0 atom stereocenters. The second-order valence-electron chi connectivity index (χ2n) is 8.80. The van der Waals surface area contributed by atoms with E-state index in [0.29, 0.717) is 44.2 Å². The number of nitrogens with zero attached hydrogens (tertiary/aromatic N) is 4. The quantitative estimate of drug-likeness (QED) is 0.132. The third-order valence-electron chi connectivity index (χ3n) is 6.09. The molecule has 0 radical (unpaired) electrons. The van der Waals surface area contributed by atoms with Crippen molar-refractivity contribution < 1.29 is 9.53 Å². The van der Waals surface area contributed by atoms with Crippen LogP contribution in [0.2, 0.25) is 0 Å². The Morgan fingerprint density at radius 3 is 2.62 bits per heavy atom. The van der Waals surface area contributed by atoms with E-state index in [1.807, 2.05) is 30.3 Å². The van der Waals surface area contributed by atoms with E-state index in [2.05, 4.69) is 32.9 Å². The van der Waals surface area contributed by atoms with Gasteiger partial charge in [-0.1, -0.05) is 43.7 Å². The number of anilines is 1. The van der Waals surface area contributed by atoms with Gasteiger partial charge < -0.3 is 31.8 Å². The van der Waals surface area contributed by atoms with Gasteiger partial charge in [-0.05, 0) is 30.2 Å². The smallest absolute Gasteiger partial charge is 0.251 e. The van der Waals surface area contributed by atoms with E-state index in [1.165, 1.54) is 0 Å². The first-order chi connectivity index (χ1) is 18.0. The molecule has 0 saturated heterocycles. The highest BCUT2D eigenvalue weighted by atomic mass is 16.5. The first-order valence-corrected chi connectivity index (χ1v) is 12.5. The van der Waals surface area contributed by atoms with Crippen LogP contribution in [0.15, 0.2) is 53.5 Å². The maximum Gasteiger partial charge on any atom is 0.251 e. The van der Waals surface area contributed by atoms with E-state index in [-0.39, 0.29) is 11.9 Å². The van der Waals surface area contributed by atoms with E-state index >= 15 is 0 Å². The summed E-state index contributed by atoms with van der Waals surface area (Å²) in [7, 11) is 0. The molecule has 0 aliphatic heterocycles. The number of unbranched alkanes of at least 4 members (excludes halogenated alkanes) is 1. The lowest BCUT2D eigenvalue weighted by Gasteiger charge is -2.12. The van der Waals surface area contributed by atoms with Gasteiger partial charge in [0.05, 0.1) is 30.8 Å². The van der Waals surface area contributed by atoms with Crippen molar-refractivity contribution in [3.8, 4) is 0 Å². The zero-order chi connectivity index (χ0) is 26.2. The van der Waals surface area contributed by atoms with E-state index in [9.17, 15) is 4.79 Å². The number of imidazole rings is 1. The summed E-state index contributed by atoms with van der Waals surface area (Å²) in [5, 5.41) is 3.91. The topological polar surface area (TPSA) is 159 Å². The highest BCUT2D eigenvalue weighted by Gasteiger charge is 2.17. The van der Waals surface area contributed by atoms with Crippen LogP contribution in [-0.4, -0.2) is 46.2 Å². The lowest BCUT2D eigenvalue weighted by atomic mass is 10.1. The number of aromatic nitrogens is 3. The van der Waals surface area contributed by atoms with Crippen molar-refractivity contribution in [3.63, 3.8) is 0 Å². The minimum atomic E-state index is -0.158. The minimum Gasteiger partial charge on any atom is -0.382 e. The Balaban J connectivity index is 1.34. The lowest BCUT2D eigenvalue weighted by Crippen LogP contribution is -2.27. The van der Waals surface area contributed by atoms with Crippen molar-refractivity contribution in [2.24, 2.45) is 16.5 Å². The van der Waals surface area contributed by atoms with Crippen molar-refractivity contribution in [1.29, 1.82) is 0 Å². The fourth-order valence-corrected chi connectivity index (χ4v) is 4.21. The number of carbonyl (C=O) groups is 1. The molecule has 7 N–H and O–H groups in total. The molecule has 2 aromatic heterocycles. The van der Waals surface area contributed by atoms with Crippen molar-refractivity contribution in [2.75, 3.05) is 25.5 Å². The van der Waals surface area contributed by atoms with Crippen LogP contribution in [0.4, 0.5) is 5.82 Å². The van der Waals surface area contributed by atoms with E-state index in [0.717, 1.165) is 52.6 Å². The molecule has 1 amide bonds. The summed E-state index contributed by atoms with van der Waals surface area (Å²) in [5.74, 6) is 1.31. The molecule has 0 bridgehead atoms. The molecule has 10 heteroatoms. The number of guanidine groups is 1. The van der Waals surface area contributed by atoms with Crippen molar-refractivity contribution in [2.45, 2.75) is 39.3 Å². The predicted octanol–water partition coefficient (Wildman–Crippen LogP) is 2.73. The summed E-state index contributed by atoms with van der Waals surface area (Å²) in [6, 6.07) is 15.1. The zero-order valence-electron chi connectivity index (χ0n) is 21.1. The number of hydrogen-bond donors (Lipinski definition) is 4. The van der Waals surface area contributed by atoms with Gasteiger partial charge in [0.1, 0.15) is 11.3 Å². The maximum absolute atomic E-state index is 12.4. The Labute approximate surface area is 215 Å². The van der Waals surface area contributed by atoms with Gasteiger partial charge in [-0.15, -0.1) is 0 Å². The Morgan fingerprint density at radius 1 is 1.08 bits per heavy atom. The number of para-hydroxylation sites is 1. The number of nitrogens with one attached hydrogen (secondary N) is 1. The average molecular weight is 503 g/mol. The number of fused-ring (bicyclic) bond motifs is 3. The van der Waals surface area contributed by atoms with Crippen LogP contribution in [0.3, 0.4) is 0 Å². The second-order valence-corrected chi connectivity index (χ2v) is 8.80. The number of pyridine rings is 1. The van der Waals surface area contributed by atoms with Gasteiger partial charge in [-0.3, -0.25) is 4.79 Å². The fraction of sp³-hybridized carbons (Fsp3) is 0.333. The van der Waals surface area contributed by atoms with Crippen LogP contribution in [0, 0.1) is 0 Å². The monoisotopic (exact) mass is 502 g/mol. The van der Waals surface area contributed by atoms with Gasteiger partial charge in [0.2, 0.25) is 0 Å². The summed E-state index contributed by atoms with van der Waals surface area (Å²) in [6.07, 6.45) is 2.98. The largest absolute Gasteiger partial charge is 0.382 e.